The van der Waals surface area contributed by atoms with Crippen molar-refractivity contribution < 1.29 is 14.3 Å². The number of imide groups is 1. The van der Waals surface area contributed by atoms with Crippen LogP contribution in [0.5, 0.6) is 5.75 Å². The molecule has 1 saturated heterocycles. The Morgan fingerprint density at radius 2 is 1.59 bits per heavy atom. The lowest BCUT2D eigenvalue weighted by Gasteiger charge is -2.34. The molecule has 0 aromatic heterocycles. The third-order valence-corrected chi connectivity index (χ3v) is 6.37. The average molecular weight is 433 g/mol. The summed E-state index contributed by atoms with van der Waals surface area (Å²) in [6.45, 7) is 6.08. The van der Waals surface area contributed by atoms with Gasteiger partial charge in [0.1, 0.15) is 11.4 Å². The smallest absolute Gasteiger partial charge is 0.277 e. The van der Waals surface area contributed by atoms with Gasteiger partial charge in [-0.3, -0.25) is 14.5 Å². The Balaban J connectivity index is 1.58. The molecule has 0 aliphatic carbocycles. The molecule has 2 aliphatic rings. The lowest BCUT2D eigenvalue weighted by atomic mass is 9.89. The number of piperidine rings is 1. The van der Waals surface area contributed by atoms with Crippen molar-refractivity contribution in [2.75, 3.05) is 26.7 Å². The average Bonchev–Trinajstić information content (AvgIpc) is 3.05. The van der Waals surface area contributed by atoms with Crippen LogP contribution in [-0.4, -0.2) is 48.4 Å². The molecule has 32 heavy (non-hydrogen) atoms. The van der Waals surface area contributed by atoms with Crippen molar-refractivity contribution in [3.63, 3.8) is 0 Å². The summed E-state index contributed by atoms with van der Waals surface area (Å²) in [5.74, 6) is 1.20. The van der Waals surface area contributed by atoms with Crippen LogP contribution in [0.1, 0.15) is 37.8 Å². The highest BCUT2D eigenvalue weighted by Crippen LogP contribution is 2.35. The lowest BCUT2D eigenvalue weighted by Crippen LogP contribution is -2.40. The normalized spacial score (nSPS) is 17.6. The van der Waals surface area contributed by atoms with Gasteiger partial charge < -0.3 is 9.64 Å². The molecule has 168 valence electrons. The maximum absolute atomic E-state index is 13.4. The number of carbonyl (C=O) groups is 2. The van der Waals surface area contributed by atoms with Gasteiger partial charge in [0.15, 0.2) is 0 Å². The van der Waals surface area contributed by atoms with E-state index in [-0.39, 0.29) is 17.7 Å². The van der Waals surface area contributed by atoms with Gasteiger partial charge in [-0.25, -0.2) is 0 Å². The molecule has 0 N–H and O–H groups in total. The SMILES string of the molecule is COc1ccc(C2=C(N3CCC(Cc4ccccc4)CC3)C(=O)N(CC(C)C)C2=O)cc1. The van der Waals surface area contributed by atoms with Crippen LogP contribution in [0.2, 0.25) is 0 Å². The molecule has 5 nitrogen and oxygen atoms in total. The fraction of sp³-hybridized carbons (Fsp3) is 0.407. The van der Waals surface area contributed by atoms with Crippen molar-refractivity contribution in [3.8, 4) is 5.75 Å². The van der Waals surface area contributed by atoms with Crippen LogP contribution in [-0.2, 0) is 16.0 Å². The van der Waals surface area contributed by atoms with Gasteiger partial charge in [-0.05, 0) is 54.4 Å². The van der Waals surface area contributed by atoms with E-state index in [4.69, 9.17) is 4.74 Å². The van der Waals surface area contributed by atoms with Crippen molar-refractivity contribution in [2.24, 2.45) is 11.8 Å². The molecule has 0 unspecified atom stereocenters. The van der Waals surface area contributed by atoms with Gasteiger partial charge in [-0.15, -0.1) is 0 Å². The Morgan fingerprint density at radius 3 is 2.19 bits per heavy atom. The maximum atomic E-state index is 13.4. The summed E-state index contributed by atoms with van der Waals surface area (Å²) in [5, 5.41) is 0. The molecule has 2 aliphatic heterocycles. The van der Waals surface area contributed by atoms with Gasteiger partial charge in [-0.1, -0.05) is 56.3 Å². The van der Waals surface area contributed by atoms with Crippen LogP contribution >= 0.6 is 0 Å². The first-order valence-electron chi connectivity index (χ1n) is 11.5. The molecular formula is C27H32N2O3. The number of rotatable bonds is 7. The highest BCUT2D eigenvalue weighted by atomic mass is 16.5. The van der Waals surface area contributed by atoms with Crippen molar-refractivity contribution in [1.29, 1.82) is 0 Å². The standard InChI is InChI=1S/C27H32N2O3/c1-19(2)18-29-26(30)24(22-9-11-23(32-3)12-10-22)25(27(29)31)28-15-13-21(14-16-28)17-20-7-5-4-6-8-20/h4-12,19,21H,13-18H2,1-3H3. The minimum atomic E-state index is -0.185. The third kappa shape index (κ3) is 4.57. The summed E-state index contributed by atoms with van der Waals surface area (Å²) in [4.78, 5) is 30.3. The number of ether oxygens (including phenoxy) is 1. The Labute approximate surface area is 190 Å². The van der Waals surface area contributed by atoms with Gasteiger partial charge in [0.25, 0.3) is 11.8 Å². The van der Waals surface area contributed by atoms with Gasteiger partial charge in [-0.2, -0.15) is 0 Å². The van der Waals surface area contributed by atoms with Gasteiger partial charge in [0.05, 0.1) is 12.7 Å². The van der Waals surface area contributed by atoms with Crippen LogP contribution in [0.4, 0.5) is 0 Å². The lowest BCUT2D eigenvalue weighted by molar-refractivity contribution is -0.138. The topological polar surface area (TPSA) is 49.9 Å². The van der Waals surface area contributed by atoms with Crippen LogP contribution in [0.15, 0.2) is 60.3 Å². The minimum Gasteiger partial charge on any atom is -0.497 e. The summed E-state index contributed by atoms with van der Waals surface area (Å²) >= 11 is 0. The molecule has 1 fully saturated rings. The molecule has 2 heterocycles. The van der Waals surface area contributed by atoms with Crippen molar-refractivity contribution in [3.05, 3.63) is 71.4 Å². The number of benzene rings is 2. The first-order valence-corrected chi connectivity index (χ1v) is 11.5. The zero-order valence-electron chi connectivity index (χ0n) is 19.2. The molecule has 0 bridgehead atoms. The number of nitrogens with zero attached hydrogens (tertiary/aromatic N) is 2. The van der Waals surface area contributed by atoms with E-state index in [1.807, 2.05) is 44.2 Å². The molecule has 2 aromatic rings. The predicted octanol–water partition coefficient (Wildman–Crippen LogP) is 4.39. The second-order valence-corrected chi connectivity index (χ2v) is 9.19. The Hall–Kier alpha value is -3.08. The highest BCUT2D eigenvalue weighted by Gasteiger charge is 2.42. The second kappa shape index (κ2) is 9.60. The zero-order valence-corrected chi connectivity index (χ0v) is 19.2. The largest absolute Gasteiger partial charge is 0.497 e. The monoisotopic (exact) mass is 432 g/mol. The fourth-order valence-electron chi connectivity index (χ4n) is 4.71. The van der Waals surface area contributed by atoms with Gasteiger partial charge >= 0.3 is 0 Å². The van der Waals surface area contributed by atoms with E-state index in [1.165, 1.54) is 10.5 Å². The number of hydrogen-bond acceptors (Lipinski definition) is 4. The number of hydrogen-bond donors (Lipinski definition) is 0. The summed E-state index contributed by atoms with van der Waals surface area (Å²) in [7, 11) is 1.62. The van der Waals surface area contributed by atoms with E-state index < -0.39 is 0 Å². The summed E-state index contributed by atoms with van der Waals surface area (Å²) in [6.07, 6.45) is 3.09. The molecular weight excluding hydrogens is 400 g/mol. The molecule has 5 heteroatoms. The molecule has 0 atom stereocenters. The van der Waals surface area contributed by atoms with Gasteiger partial charge in [0.2, 0.25) is 0 Å². The molecule has 0 radical (unpaired) electrons. The summed E-state index contributed by atoms with van der Waals surface area (Å²) in [6, 6.07) is 18.0. The van der Waals surface area contributed by atoms with Crippen LogP contribution < -0.4 is 4.74 Å². The summed E-state index contributed by atoms with van der Waals surface area (Å²) in [5.41, 5.74) is 3.23. The number of amides is 2. The Morgan fingerprint density at radius 1 is 0.938 bits per heavy atom. The molecule has 0 saturated carbocycles. The number of methoxy groups -OCH3 is 1. The molecule has 4 rings (SSSR count). The predicted molar refractivity (Wildman–Crippen MR) is 126 cm³/mol. The summed E-state index contributed by atoms with van der Waals surface area (Å²) < 4.78 is 5.27. The maximum Gasteiger partial charge on any atom is 0.277 e. The van der Waals surface area contributed by atoms with Crippen molar-refractivity contribution in [2.45, 2.75) is 33.1 Å². The van der Waals surface area contributed by atoms with Gasteiger partial charge in [0, 0.05) is 19.6 Å². The minimum absolute atomic E-state index is 0.156. The molecule has 2 aromatic carbocycles. The van der Waals surface area contributed by atoms with Crippen LogP contribution in [0.3, 0.4) is 0 Å². The van der Waals surface area contributed by atoms with E-state index in [2.05, 4.69) is 29.2 Å². The molecule has 0 spiro atoms. The fourth-order valence-corrected chi connectivity index (χ4v) is 4.71. The molecule has 2 amide bonds. The highest BCUT2D eigenvalue weighted by molar-refractivity contribution is 6.35. The first-order chi connectivity index (χ1) is 15.5. The second-order valence-electron chi connectivity index (χ2n) is 9.19. The quantitative estimate of drug-likeness (QED) is 0.609. The number of likely N-dealkylation sites (tertiary alicyclic amines) is 1. The van der Waals surface area contributed by atoms with Crippen molar-refractivity contribution in [1.82, 2.24) is 9.80 Å². The van der Waals surface area contributed by atoms with Crippen molar-refractivity contribution >= 4 is 17.4 Å². The Bertz CT molecular complexity index is 987. The zero-order chi connectivity index (χ0) is 22.7. The Kier molecular flexibility index (Phi) is 6.63. The van der Waals surface area contributed by atoms with E-state index >= 15 is 0 Å². The number of carbonyl (C=O) groups excluding carboxylic acids is 2. The van der Waals surface area contributed by atoms with E-state index in [9.17, 15) is 9.59 Å². The van der Waals surface area contributed by atoms with Crippen LogP contribution in [0, 0.1) is 11.8 Å². The van der Waals surface area contributed by atoms with Crippen LogP contribution in [0.25, 0.3) is 5.57 Å². The first kappa shape index (κ1) is 22.1. The third-order valence-electron chi connectivity index (χ3n) is 6.37. The van der Waals surface area contributed by atoms with E-state index in [0.717, 1.165) is 43.7 Å². The van der Waals surface area contributed by atoms with E-state index in [0.29, 0.717) is 23.7 Å². The van der Waals surface area contributed by atoms with E-state index in [1.54, 1.807) is 7.11 Å².